The number of carbonyl (C=O) groups is 1. The minimum Gasteiger partial charge on any atom is -0.349 e. The molecule has 5 nitrogen and oxygen atoms in total. The number of amides is 1. The zero-order valence-electron chi connectivity index (χ0n) is 16.0. The Morgan fingerprint density at radius 3 is 2.50 bits per heavy atom. The Balaban J connectivity index is 1.65. The van der Waals surface area contributed by atoms with E-state index < -0.39 is 10.0 Å². The van der Waals surface area contributed by atoms with E-state index in [-0.39, 0.29) is 29.0 Å². The van der Waals surface area contributed by atoms with Gasteiger partial charge in [-0.1, -0.05) is 38.1 Å². The maximum atomic E-state index is 12.8. The standard InChI is InChI=1S/C20H30N2O3S/c1-4-26(24,25)22-13-10-15(11-14-22)19(23)21-18-9-12-20(2,3)17-8-6-5-7-16(17)18/h5-8,15,18H,4,9-14H2,1-3H3,(H,21,23). The third-order valence-corrected chi connectivity index (χ3v) is 7.90. The van der Waals surface area contributed by atoms with Crippen LogP contribution in [0, 0.1) is 5.92 Å². The second-order valence-electron chi connectivity index (χ2n) is 8.14. The van der Waals surface area contributed by atoms with Gasteiger partial charge in [-0.2, -0.15) is 0 Å². The first-order valence-corrected chi connectivity index (χ1v) is 11.2. The molecule has 1 aliphatic carbocycles. The van der Waals surface area contributed by atoms with Crippen LogP contribution in [0.2, 0.25) is 0 Å². The molecule has 1 fully saturated rings. The summed E-state index contributed by atoms with van der Waals surface area (Å²) in [5.74, 6) is 0.0943. The smallest absolute Gasteiger partial charge is 0.223 e. The second kappa shape index (κ2) is 7.31. The average molecular weight is 379 g/mol. The maximum Gasteiger partial charge on any atom is 0.223 e. The highest BCUT2D eigenvalue weighted by Gasteiger charge is 2.35. The van der Waals surface area contributed by atoms with Crippen LogP contribution < -0.4 is 5.32 Å². The zero-order chi connectivity index (χ0) is 18.9. The van der Waals surface area contributed by atoms with E-state index in [1.807, 2.05) is 6.07 Å². The van der Waals surface area contributed by atoms with Gasteiger partial charge >= 0.3 is 0 Å². The number of carbonyl (C=O) groups excluding carboxylic acids is 1. The van der Waals surface area contributed by atoms with Crippen molar-refractivity contribution in [3.05, 3.63) is 35.4 Å². The lowest BCUT2D eigenvalue weighted by Crippen LogP contribution is -2.45. The van der Waals surface area contributed by atoms with Crippen LogP contribution in [-0.4, -0.2) is 37.5 Å². The van der Waals surface area contributed by atoms with Crippen molar-refractivity contribution < 1.29 is 13.2 Å². The minimum absolute atomic E-state index is 0.0594. The van der Waals surface area contributed by atoms with Crippen LogP contribution in [0.5, 0.6) is 0 Å². The SMILES string of the molecule is CCS(=O)(=O)N1CCC(C(=O)NC2CCC(C)(C)c3ccccc32)CC1. The van der Waals surface area contributed by atoms with E-state index in [2.05, 4.69) is 37.4 Å². The number of nitrogens with one attached hydrogen (secondary N) is 1. The highest BCUT2D eigenvalue weighted by Crippen LogP contribution is 2.41. The van der Waals surface area contributed by atoms with Crippen molar-refractivity contribution in [3.8, 4) is 0 Å². The van der Waals surface area contributed by atoms with Crippen molar-refractivity contribution in [2.45, 2.75) is 57.9 Å². The summed E-state index contributed by atoms with van der Waals surface area (Å²) in [4.78, 5) is 12.8. The molecular weight excluding hydrogens is 348 g/mol. The molecule has 1 aliphatic heterocycles. The van der Waals surface area contributed by atoms with Crippen molar-refractivity contribution in [2.24, 2.45) is 5.92 Å². The highest BCUT2D eigenvalue weighted by molar-refractivity contribution is 7.89. The molecule has 144 valence electrons. The van der Waals surface area contributed by atoms with E-state index >= 15 is 0 Å². The Labute approximate surface area is 157 Å². The monoisotopic (exact) mass is 378 g/mol. The number of nitrogens with zero attached hydrogens (tertiary/aromatic N) is 1. The molecule has 1 saturated heterocycles. The third-order valence-electron chi connectivity index (χ3n) is 6.02. The lowest BCUT2D eigenvalue weighted by atomic mass is 9.71. The van der Waals surface area contributed by atoms with E-state index in [1.165, 1.54) is 15.4 Å². The fourth-order valence-corrected chi connectivity index (χ4v) is 5.36. The first kappa shape index (κ1) is 19.4. The van der Waals surface area contributed by atoms with Crippen LogP contribution in [0.4, 0.5) is 0 Å². The number of hydrogen-bond donors (Lipinski definition) is 1. The van der Waals surface area contributed by atoms with E-state index in [1.54, 1.807) is 6.92 Å². The number of piperidine rings is 1. The average Bonchev–Trinajstić information content (AvgIpc) is 2.64. The van der Waals surface area contributed by atoms with E-state index in [0.29, 0.717) is 25.9 Å². The van der Waals surface area contributed by atoms with E-state index in [0.717, 1.165) is 12.8 Å². The third kappa shape index (κ3) is 3.81. The molecule has 0 radical (unpaired) electrons. The van der Waals surface area contributed by atoms with Crippen LogP contribution in [-0.2, 0) is 20.2 Å². The van der Waals surface area contributed by atoms with Crippen LogP contribution >= 0.6 is 0 Å². The van der Waals surface area contributed by atoms with Crippen LogP contribution in [0.1, 0.15) is 63.6 Å². The number of benzene rings is 1. The number of sulfonamides is 1. The molecule has 1 atom stereocenters. The van der Waals surface area contributed by atoms with Gasteiger partial charge in [-0.3, -0.25) is 4.79 Å². The summed E-state index contributed by atoms with van der Waals surface area (Å²) in [5.41, 5.74) is 2.68. The Kier molecular flexibility index (Phi) is 5.45. The number of hydrogen-bond acceptors (Lipinski definition) is 3. The minimum atomic E-state index is -3.15. The Bertz CT molecular complexity index is 765. The van der Waals surface area contributed by atoms with Gasteiger partial charge in [0.15, 0.2) is 0 Å². The normalized spacial score (nSPS) is 24.0. The summed E-state index contributed by atoms with van der Waals surface area (Å²) in [6.07, 6.45) is 3.19. The summed E-state index contributed by atoms with van der Waals surface area (Å²) >= 11 is 0. The summed E-state index contributed by atoms with van der Waals surface area (Å²) in [5, 5.41) is 3.24. The number of rotatable bonds is 4. The molecule has 1 unspecified atom stereocenters. The number of fused-ring (bicyclic) bond motifs is 1. The van der Waals surface area contributed by atoms with Crippen LogP contribution in [0.25, 0.3) is 0 Å². The molecule has 1 amide bonds. The largest absolute Gasteiger partial charge is 0.349 e. The van der Waals surface area contributed by atoms with Crippen molar-refractivity contribution in [3.63, 3.8) is 0 Å². The van der Waals surface area contributed by atoms with E-state index in [9.17, 15) is 13.2 Å². The summed E-state index contributed by atoms with van der Waals surface area (Å²) in [6, 6.07) is 8.45. The first-order valence-electron chi connectivity index (χ1n) is 9.62. The molecule has 1 aromatic rings. The highest BCUT2D eigenvalue weighted by atomic mass is 32.2. The van der Waals surface area contributed by atoms with Gasteiger partial charge in [0.25, 0.3) is 0 Å². The summed E-state index contributed by atoms with van der Waals surface area (Å²) in [7, 11) is -3.15. The maximum absolute atomic E-state index is 12.8. The van der Waals surface area contributed by atoms with Crippen molar-refractivity contribution >= 4 is 15.9 Å². The molecule has 1 heterocycles. The van der Waals surface area contributed by atoms with Gasteiger partial charge in [0.05, 0.1) is 11.8 Å². The van der Waals surface area contributed by atoms with Crippen molar-refractivity contribution in [2.75, 3.05) is 18.8 Å². The van der Waals surface area contributed by atoms with E-state index in [4.69, 9.17) is 0 Å². The second-order valence-corrected chi connectivity index (χ2v) is 10.4. The van der Waals surface area contributed by atoms with Gasteiger partial charge in [-0.15, -0.1) is 0 Å². The predicted octanol–water partition coefficient (Wildman–Crippen LogP) is 2.98. The molecular formula is C20H30N2O3S. The topological polar surface area (TPSA) is 66.5 Å². The molecule has 2 aliphatic rings. The zero-order valence-corrected chi connectivity index (χ0v) is 16.8. The Morgan fingerprint density at radius 2 is 1.85 bits per heavy atom. The Hall–Kier alpha value is -1.40. The molecule has 0 aromatic heterocycles. The predicted molar refractivity (Wildman–Crippen MR) is 103 cm³/mol. The molecule has 1 aromatic carbocycles. The molecule has 0 saturated carbocycles. The van der Waals surface area contributed by atoms with Crippen LogP contribution in [0.3, 0.4) is 0 Å². The van der Waals surface area contributed by atoms with Gasteiger partial charge in [0, 0.05) is 19.0 Å². The van der Waals surface area contributed by atoms with Gasteiger partial charge < -0.3 is 5.32 Å². The molecule has 0 spiro atoms. The van der Waals surface area contributed by atoms with Gasteiger partial charge in [0.2, 0.25) is 15.9 Å². The summed E-state index contributed by atoms with van der Waals surface area (Å²) in [6.45, 7) is 7.07. The van der Waals surface area contributed by atoms with Gasteiger partial charge in [-0.05, 0) is 49.1 Å². The summed E-state index contributed by atoms with van der Waals surface area (Å²) < 4.78 is 25.5. The van der Waals surface area contributed by atoms with Crippen LogP contribution in [0.15, 0.2) is 24.3 Å². The lowest BCUT2D eigenvalue weighted by Gasteiger charge is -2.38. The Morgan fingerprint density at radius 1 is 1.19 bits per heavy atom. The molecule has 3 rings (SSSR count). The first-order chi connectivity index (χ1) is 12.2. The fraction of sp³-hybridized carbons (Fsp3) is 0.650. The lowest BCUT2D eigenvalue weighted by molar-refractivity contribution is -0.127. The fourth-order valence-electron chi connectivity index (χ4n) is 4.23. The molecule has 0 bridgehead atoms. The van der Waals surface area contributed by atoms with Crippen molar-refractivity contribution in [1.82, 2.24) is 9.62 Å². The quantitative estimate of drug-likeness (QED) is 0.876. The van der Waals surface area contributed by atoms with Gasteiger partial charge in [-0.25, -0.2) is 12.7 Å². The molecule has 26 heavy (non-hydrogen) atoms. The molecule has 1 N–H and O–H groups in total. The van der Waals surface area contributed by atoms with Gasteiger partial charge in [0.1, 0.15) is 0 Å². The molecule has 6 heteroatoms. The van der Waals surface area contributed by atoms with Crippen molar-refractivity contribution in [1.29, 1.82) is 0 Å².